The molecule has 1 aromatic carbocycles. The van der Waals surface area contributed by atoms with E-state index in [2.05, 4.69) is 13.0 Å². The van der Waals surface area contributed by atoms with E-state index in [4.69, 9.17) is 9.73 Å². The molecule has 1 aliphatic heterocycles. The lowest BCUT2D eigenvalue weighted by atomic mass is 10.0. The smallest absolute Gasteiger partial charge is 0.324 e. The number of anilines is 1. The molecule has 3 rings (SSSR count). The minimum Gasteiger partial charge on any atom is -0.497 e. The molecule has 0 saturated heterocycles. The van der Waals surface area contributed by atoms with Crippen LogP contribution < -0.4 is 9.64 Å². The molecule has 2 amide bonds. The average molecular weight is 394 g/mol. The van der Waals surface area contributed by atoms with Gasteiger partial charge in [0.15, 0.2) is 0 Å². The van der Waals surface area contributed by atoms with Crippen LogP contribution in [0, 0.1) is 0 Å². The van der Waals surface area contributed by atoms with Crippen molar-refractivity contribution in [3.05, 3.63) is 46.3 Å². The van der Waals surface area contributed by atoms with Gasteiger partial charge in [0, 0.05) is 36.6 Å². The molecule has 0 saturated carbocycles. The van der Waals surface area contributed by atoms with Gasteiger partial charge in [-0.1, -0.05) is 6.92 Å². The zero-order chi connectivity index (χ0) is 18.0. The Balaban J connectivity index is 0.00000243. The summed E-state index contributed by atoms with van der Waals surface area (Å²) in [5.74, 6) is 0.821. The van der Waals surface area contributed by atoms with Gasteiger partial charge in [0.25, 0.3) is 0 Å². The van der Waals surface area contributed by atoms with Crippen LogP contribution in [0.15, 0.2) is 35.3 Å². The summed E-state index contributed by atoms with van der Waals surface area (Å²) in [7, 11) is 5.23. The van der Waals surface area contributed by atoms with Crippen molar-refractivity contribution in [3.8, 4) is 5.75 Å². The van der Waals surface area contributed by atoms with Crippen LogP contribution in [0.4, 0.5) is 9.80 Å². The van der Waals surface area contributed by atoms with Crippen molar-refractivity contribution in [3.63, 3.8) is 0 Å². The molecule has 0 spiro atoms. The summed E-state index contributed by atoms with van der Waals surface area (Å²) in [5.41, 5.74) is 3.03. The Hall–Kier alpha value is -2.05. The molecule has 0 bridgehead atoms. The summed E-state index contributed by atoms with van der Waals surface area (Å²) < 4.78 is 5.25. The first-order valence-corrected chi connectivity index (χ1v) is 9.17. The highest BCUT2D eigenvalue weighted by atomic mass is 35.5. The topological polar surface area (TPSA) is 45.1 Å². The second kappa shape index (κ2) is 8.56. The van der Waals surface area contributed by atoms with E-state index in [1.54, 1.807) is 37.4 Å². The molecule has 0 N–H and O–H groups in total. The normalized spacial score (nSPS) is 13.2. The largest absolute Gasteiger partial charge is 0.497 e. The number of urea groups is 1. The van der Waals surface area contributed by atoms with Crippen LogP contribution in [-0.4, -0.2) is 50.9 Å². The van der Waals surface area contributed by atoms with Crippen LogP contribution in [0.3, 0.4) is 0 Å². The number of aryl methyl sites for hydroxylation is 1. The van der Waals surface area contributed by atoms with E-state index in [1.165, 1.54) is 4.88 Å². The van der Waals surface area contributed by atoms with Gasteiger partial charge in [-0.25, -0.2) is 4.79 Å². The second-order valence-corrected chi connectivity index (χ2v) is 7.19. The Morgan fingerprint density at radius 3 is 2.58 bits per heavy atom. The SMILES string of the molecule is CCc1cc2c(s1)N(C(=O)N(C)C)CCN=C2c1ccc(OC)cc1.Cl. The predicted octanol–water partition coefficient (Wildman–Crippen LogP) is 4.08. The number of thiophene rings is 1. The van der Waals surface area contributed by atoms with E-state index in [9.17, 15) is 4.79 Å². The minimum atomic E-state index is -0.00284. The van der Waals surface area contributed by atoms with Gasteiger partial charge >= 0.3 is 6.03 Å². The van der Waals surface area contributed by atoms with Crippen molar-refractivity contribution in [1.82, 2.24) is 4.90 Å². The molecule has 1 aliphatic rings. The molecule has 2 heterocycles. The number of aliphatic imine (C=N–C) groups is 1. The highest BCUT2D eigenvalue weighted by molar-refractivity contribution is 7.16. The molecule has 0 aliphatic carbocycles. The summed E-state index contributed by atoms with van der Waals surface area (Å²) >= 11 is 1.68. The third-order valence-electron chi connectivity index (χ3n) is 4.18. The third kappa shape index (κ3) is 3.86. The first-order valence-electron chi connectivity index (χ1n) is 8.36. The number of carbonyl (C=O) groups is 1. The lowest BCUT2D eigenvalue weighted by Crippen LogP contribution is -2.40. The Kier molecular flexibility index (Phi) is 6.67. The minimum absolute atomic E-state index is 0. The number of nitrogens with zero attached hydrogens (tertiary/aromatic N) is 3. The van der Waals surface area contributed by atoms with Gasteiger partial charge < -0.3 is 9.64 Å². The zero-order valence-corrected chi connectivity index (χ0v) is 17.1. The Morgan fingerprint density at radius 2 is 2.00 bits per heavy atom. The number of hydrogen-bond acceptors (Lipinski definition) is 4. The maximum atomic E-state index is 12.6. The summed E-state index contributed by atoms with van der Waals surface area (Å²) in [6.45, 7) is 3.31. The molecule has 0 atom stereocenters. The van der Waals surface area contributed by atoms with Gasteiger partial charge in [-0.2, -0.15) is 0 Å². The van der Waals surface area contributed by atoms with Crippen molar-refractivity contribution < 1.29 is 9.53 Å². The first kappa shape index (κ1) is 20.3. The number of hydrogen-bond donors (Lipinski definition) is 0. The van der Waals surface area contributed by atoms with Crippen LogP contribution in [0.25, 0.3) is 0 Å². The fourth-order valence-corrected chi connectivity index (χ4v) is 3.96. The van der Waals surface area contributed by atoms with Gasteiger partial charge in [-0.05, 0) is 36.8 Å². The quantitative estimate of drug-likeness (QED) is 0.788. The van der Waals surface area contributed by atoms with E-state index in [1.807, 2.05) is 29.2 Å². The molecule has 0 unspecified atom stereocenters. The molecule has 0 fully saturated rings. The van der Waals surface area contributed by atoms with E-state index >= 15 is 0 Å². The molecular weight excluding hydrogens is 370 g/mol. The highest BCUT2D eigenvalue weighted by Crippen LogP contribution is 2.36. The van der Waals surface area contributed by atoms with Gasteiger partial charge in [0.1, 0.15) is 10.8 Å². The molecule has 26 heavy (non-hydrogen) atoms. The molecular formula is C19H24ClN3O2S. The van der Waals surface area contributed by atoms with Crippen molar-refractivity contribution in [2.45, 2.75) is 13.3 Å². The number of carbonyl (C=O) groups excluding carboxylic acids is 1. The lowest BCUT2D eigenvalue weighted by Gasteiger charge is -2.24. The highest BCUT2D eigenvalue weighted by Gasteiger charge is 2.27. The first-order chi connectivity index (χ1) is 12.0. The summed E-state index contributed by atoms with van der Waals surface area (Å²) in [4.78, 5) is 22.1. The van der Waals surface area contributed by atoms with Crippen molar-refractivity contribution in [2.75, 3.05) is 39.2 Å². The molecule has 1 aromatic heterocycles. The van der Waals surface area contributed by atoms with Crippen LogP contribution in [0.2, 0.25) is 0 Å². The maximum Gasteiger partial charge on any atom is 0.324 e. The van der Waals surface area contributed by atoms with Gasteiger partial charge in [0.2, 0.25) is 0 Å². The number of amides is 2. The second-order valence-electron chi connectivity index (χ2n) is 6.07. The van der Waals surface area contributed by atoms with Crippen molar-refractivity contribution in [2.24, 2.45) is 4.99 Å². The number of fused-ring (bicyclic) bond motifs is 1. The molecule has 0 radical (unpaired) electrons. The van der Waals surface area contributed by atoms with Gasteiger partial charge in [-0.3, -0.25) is 9.89 Å². The summed E-state index contributed by atoms with van der Waals surface area (Å²) in [6, 6.07) is 10.1. The maximum absolute atomic E-state index is 12.6. The lowest BCUT2D eigenvalue weighted by molar-refractivity contribution is 0.224. The van der Waals surface area contributed by atoms with E-state index < -0.39 is 0 Å². The van der Waals surface area contributed by atoms with Crippen molar-refractivity contribution >= 4 is 40.5 Å². The van der Waals surface area contributed by atoms with Crippen molar-refractivity contribution in [1.29, 1.82) is 0 Å². The number of methoxy groups -OCH3 is 1. The summed E-state index contributed by atoms with van der Waals surface area (Å²) in [5, 5.41) is 0.989. The molecule has 5 nitrogen and oxygen atoms in total. The average Bonchev–Trinajstić information content (AvgIpc) is 2.97. The van der Waals surface area contributed by atoms with Crippen LogP contribution in [0.5, 0.6) is 5.75 Å². The number of halogens is 1. The molecule has 2 aromatic rings. The number of benzene rings is 1. The Labute approximate surface area is 164 Å². The van der Waals surface area contributed by atoms with Crippen LogP contribution >= 0.6 is 23.7 Å². The molecule has 7 heteroatoms. The number of ether oxygens (including phenoxy) is 1. The number of rotatable bonds is 3. The van der Waals surface area contributed by atoms with Gasteiger partial charge in [-0.15, -0.1) is 23.7 Å². The third-order valence-corrected chi connectivity index (χ3v) is 5.49. The fraction of sp³-hybridized carbons (Fsp3) is 0.368. The van der Waals surface area contributed by atoms with Crippen LogP contribution in [-0.2, 0) is 6.42 Å². The standard InChI is InChI=1S/C19H23N3O2S.ClH/c1-5-15-12-16-17(13-6-8-14(24-4)9-7-13)20-10-11-22(18(16)25-15)19(23)21(2)3;/h6-9,12H,5,10-11H2,1-4H3;1H. The van der Waals surface area contributed by atoms with Gasteiger partial charge in [0.05, 0.1) is 19.4 Å². The fourth-order valence-electron chi connectivity index (χ4n) is 2.84. The van der Waals surface area contributed by atoms with Crippen LogP contribution in [0.1, 0.15) is 22.9 Å². The monoisotopic (exact) mass is 393 g/mol. The summed E-state index contributed by atoms with van der Waals surface area (Å²) in [6.07, 6.45) is 0.942. The van der Waals surface area contributed by atoms with E-state index in [0.717, 1.165) is 34.0 Å². The predicted molar refractivity (Wildman–Crippen MR) is 111 cm³/mol. The Morgan fingerprint density at radius 1 is 1.31 bits per heavy atom. The Bertz CT molecular complexity index is 800. The van der Waals surface area contributed by atoms with E-state index in [-0.39, 0.29) is 18.4 Å². The molecule has 140 valence electrons. The zero-order valence-electron chi connectivity index (χ0n) is 15.5. The van der Waals surface area contributed by atoms with E-state index in [0.29, 0.717) is 13.1 Å².